The van der Waals surface area contributed by atoms with Crippen LogP contribution in [0.3, 0.4) is 0 Å². The molecule has 29 heavy (non-hydrogen) atoms. The third-order valence-corrected chi connectivity index (χ3v) is 5.05. The molecular formula is C20H19ClFN5O2. The first-order valence-corrected chi connectivity index (χ1v) is 9.33. The Kier molecular flexibility index (Phi) is 5.12. The van der Waals surface area contributed by atoms with Gasteiger partial charge in [-0.25, -0.2) is 9.37 Å². The predicted octanol–water partition coefficient (Wildman–Crippen LogP) is 4.28. The van der Waals surface area contributed by atoms with E-state index in [2.05, 4.69) is 25.8 Å². The zero-order chi connectivity index (χ0) is 20.4. The van der Waals surface area contributed by atoms with Gasteiger partial charge in [-0.15, -0.1) is 0 Å². The van der Waals surface area contributed by atoms with Gasteiger partial charge in [0.2, 0.25) is 5.95 Å². The molecule has 4 aromatic rings. The number of anilines is 2. The number of imidazole rings is 1. The predicted molar refractivity (Wildman–Crippen MR) is 109 cm³/mol. The molecule has 4 rings (SSSR count). The minimum Gasteiger partial charge on any atom is -0.394 e. The topological polar surface area (TPSA) is 99.0 Å². The van der Waals surface area contributed by atoms with E-state index < -0.39 is 11.4 Å². The number of nitrogens with zero attached hydrogens (tertiary/aromatic N) is 2. The molecule has 7 nitrogen and oxygen atoms in total. The van der Waals surface area contributed by atoms with Gasteiger partial charge in [0.1, 0.15) is 12.1 Å². The van der Waals surface area contributed by atoms with Crippen LogP contribution in [-0.4, -0.2) is 26.8 Å². The normalized spacial score (nSPS) is 13.4. The Balaban J connectivity index is 1.61. The number of fused-ring (bicyclic) bond motifs is 1. The first-order chi connectivity index (χ1) is 14.0. The van der Waals surface area contributed by atoms with Crippen molar-refractivity contribution in [2.45, 2.75) is 19.0 Å². The van der Waals surface area contributed by atoms with Crippen molar-refractivity contribution < 1.29 is 14.0 Å². The maximum Gasteiger partial charge on any atom is 0.201 e. The number of rotatable bonds is 7. The summed E-state index contributed by atoms with van der Waals surface area (Å²) in [5, 5.41) is 20.2. The second kappa shape index (κ2) is 7.73. The quantitative estimate of drug-likeness (QED) is 0.359. The lowest BCUT2D eigenvalue weighted by Gasteiger charge is -2.29. The van der Waals surface area contributed by atoms with Gasteiger partial charge < -0.3 is 25.2 Å². The Morgan fingerprint density at radius 2 is 2.14 bits per heavy atom. The van der Waals surface area contributed by atoms with Crippen LogP contribution in [0.2, 0.25) is 5.02 Å². The van der Waals surface area contributed by atoms with E-state index in [1.165, 1.54) is 18.4 Å². The summed E-state index contributed by atoms with van der Waals surface area (Å²) in [7, 11) is 0. The number of hydrogen-bond acceptors (Lipinski definition) is 6. The van der Waals surface area contributed by atoms with Crippen LogP contribution in [0.25, 0.3) is 11.0 Å². The summed E-state index contributed by atoms with van der Waals surface area (Å²) in [5.41, 5.74) is 2.31. The van der Waals surface area contributed by atoms with Gasteiger partial charge in [-0.05, 0) is 36.2 Å². The Morgan fingerprint density at radius 3 is 2.86 bits per heavy atom. The molecule has 0 saturated heterocycles. The van der Waals surface area contributed by atoms with E-state index in [9.17, 15) is 9.50 Å². The minimum absolute atomic E-state index is 0.00482. The van der Waals surface area contributed by atoms with E-state index >= 15 is 0 Å². The van der Waals surface area contributed by atoms with Crippen LogP contribution >= 0.6 is 11.6 Å². The Bertz CT molecular complexity index is 1130. The summed E-state index contributed by atoms with van der Waals surface area (Å²) >= 11 is 5.92. The molecular weight excluding hydrogens is 397 g/mol. The summed E-state index contributed by atoms with van der Waals surface area (Å²) in [6, 6.07) is 11.9. The summed E-state index contributed by atoms with van der Waals surface area (Å²) in [6.45, 7) is 2.06. The summed E-state index contributed by atoms with van der Waals surface area (Å²) in [5.74, 6) is 0.603. The Hall–Kier alpha value is -3.10. The molecule has 2 heterocycles. The SMILES string of the molecule is CC(CO)(Nc1nc2c(CNc3ccon3)cccc2[nH]1)c1ccc(F)c(Cl)c1. The second-order valence-electron chi connectivity index (χ2n) is 6.88. The van der Waals surface area contributed by atoms with E-state index in [0.29, 0.717) is 23.9 Å². The number of aromatic amines is 1. The molecule has 1 atom stereocenters. The van der Waals surface area contributed by atoms with Crippen molar-refractivity contribution in [3.63, 3.8) is 0 Å². The third kappa shape index (κ3) is 3.90. The molecule has 0 amide bonds. The second-order valence-corrected chi connectivity index (χ2v) is 7.29. The average Bonchev–Trinajstić information content (AvgIpc) is 3.37. The maximum atomic E-state index is 13.5. The molecule has 0 aliphatic rings. The van der Waals surface area contributed by atoms with Crippen molar-refractivity contribution in [2.24, 2.45) is 0 Å². The third-order valence-electron chi connectivity index (χ3n) is 4.76. The van der Waals surface area contributed by atoms with E-state index in [-0.39, 0.29) is 11.6 Å². The molecule has 0 bridgehead atoms. The number of nitrogens with one attached hydrogen (secondary N) is 3. The molecule has 0 aliphatic heterocycles. The zero-order valence-electron chi connectivity index (χ0n) is 15.5. The van der Waals surface area contributed by atoms with Crippen LogP contribution in [0, 0.1) is 5.82 Å². The van der Waals surface area contributed by atoms with Crippen LogP contribution in [0.4, 0.5) is 16.2 Å². The number of halogens is 2. The summed E-state index contributed by atoms with van der Waals surface area (Å²) < 4.78 is 18.3. The molecule has 2 aromatic carbocycles. The van der Waals surface area contributed by atoms with E-state index in [0.717, 1.165) is 16.6 Å². The van der Waals surface area contributed by atoms with Crippen molar-refractivity contribution in [1.29, 1.82) is 0 Å². The molecule has 4 N–H and O–H groups in total. The molecule has 0 radical (unpaired) electrons. The van der Waals surface area contributed by atoms with Gasteiger partial charge in [0.15, 0.2) is 5.82 Å². The number of aliphatic hydroxyl groups is 1. The smallest absolute Gasteiger partial charge is 0.201 e. The average molecular weight is 416 g/mol. The lowest BCUT2D eigenvalue weighted by atomic mass is 9.93. The molecule has 2 aromatic heterocycles. The summed E-state index contributed by atoms with van der Waals surface area (Å²) in [4.78, 5) is 7.85. The van der Waals surface area contributed by atoms with Crippen molar-refractivity contribution in [3.8, 4) is 0 Å². The molecule has 0 spiro atoms. The van der Waals surface area contributed by atoms with E-state index in [4.69, 9.17) is 16.1 Å². The number of para-hydroxylation sites is 1. The Labute approximate surface area is 170 Å². The fraction of sp³-hybridized carbons (Fsp3) is 0.200. The standard InChI is InChI=1S/C20H19ClFN5O2/c1-20(11-28,13-5-6-15(22)14(21)9-13)26-19-24-16-4-2-3-12(18(16)25-19)10-23-17-7-8-29-27-17/h2-9,28H,10-11H2,1H3,(H,23,27)(H2,24,25,26). The lowest BCUT2D eigenvalue weighted by Crippen LogP contribution is -2.36. The van der Waals surface area contributed by atoms with Gasteiger partial charge in [0.05, 0.1) is 28.2 Å². The largest absolute Gasteiger partial charge is 0.394 e. The fourth-order valence-electron chi connectivity index (χ4n) is 3.09. The fourth-order valence-corrected chi connectivity index (χ4v) is 3.27. The summed E-state index contributed by atoms with van der Waals surface area (Å²) in [6.07, 6.45) is 1.50. The van der Waals surface area contributed by atoms with Crippen LogP contribution in [0.5, 0.6) is 0 Å². The van der Waals surface area contributed by atoms with Crippen LogP contribution < -0.4 is 10.6 Å². The highest BCUT2D eigenvalue weighted by Gasteiger charge is 2.28. The first kappa shape index (κ1) is 19.2. The van der Waals surface area contributed by atoms with Crippen molar-refractivity contribution in [2.75, 3.05) is 17.2 Å². The molecule has 0 saturated carbocycles. The van der Waals surface area contributed by atoms with Crippen LogP contribution in [-0.2, 0) is 12.1 Å². The molecule has 150 valence electrons. The van der Waals surface area contributed by atoms with Crippen molar-refractivity contribution >= 4 is 34.4 Å². The zero-order valence-corrected chi connectivity index (χ0v) is 16.3. The number of H-pyrrole nitrogens is 1. The van der Waals surface area contributed by atoms with Crippen LogP contribution in [0.1, 0.15) is 18.1 Å². The van der Waals surface area contributed by atoms with Gasteiger partial charge in [0, 0.05) is 12.6 Å². The van der Waals surface area contributed by atoms with Gasteiger partial charge in [-0.3, -0.25) is 0 Å². The van der Waals surface area contributed by atoms with Gasteiger partial charge in [-0.1, -0.05) is 35.0 Å². The molecule has 0 aliphatic carbocycles. The minimum atomic E-state index is -0.912. The van der Waals surface area contributed by atoms with E-state index in [1.54, 1.807) is 19.1 Å². The van der Waals surface area contributed by atoms with Gasteiger partial charge in [-0.2, -0.15) is 0 Å². The van der Waals surface area contributed by atoms with E-state index in [1.807, 2.05) is 18.2 Å². The Morgan fingerprint density at radius 1 is 1.28 bits per heavy atom. The van der Waals surface area contributed by atoms with Gasteiger partial charge in [0.25, 0.3) is 0 Å². The number of benzene rings is 2. The molecule has 0 fully saturated rings. The number of aromatic nitrogens is 3. The lowest BCUT2D eigenvalue weighted by molar-refractivity contribution is 0.223. The van der Waals surface area contributed by atoms with Crippen molar-refractivity contribution in [1.82, 2.24) is 15.1 Å². The molecule has 9 heteroatoms. The highest BCUT2D eigenvalue weighted by molar-refractivity contribution is 6.30. The highest BCUT2D eigenvalue weighted by Crippen LogP contribution is 2.29. The monoisotopic (exact) mass is 415 g/mol. The number of hydrogen-bond donors (Lipinski definition) is 4. The van der Waals surface area contributed by atoms with Crippen molar-refractivity contribution in [3.05, 3.63) is 70.7 Å². The number of aliphatic hydroxyl groups excluding tert-OH is 1. The first-order valence-electron chi connectivity index (χ1n) is 8.95. The highest BCUT2D eigenvalue weighted by atomic mass is 35.5. The van der Waals surface area contributed by atoms with Gasteiger partial charge >= 0.3 is 0 Å². The van der Waals surface area contributed by atoms with Crippen LogP contribution in [0.15, 0.2) is 53.3 Å². The maximum absolute atomic E-state index is 13.5. The molecule has 1 unspecified atom stereocenters.